The summed E-state index contributed by atoms with van der Waals surface area (Å²) >= 11 is 1.81. The van der Waals surface area contributed by atoms with Crippen LogP contribution >= 0.6 is 11.3 Å². The van der Waals surface area contributed by atoms with Crippen LogP contribution in [0.15, 0.2) is 0 Å². The first-order chi connectivity index (χ1) is 14.3. The van der Waals surface area contributed by atoms with Gasteiger partial charge in [-0.1, -0.05) is 6.92 Å². The Labute approximate surface area is 182 Å². The second-order valence-electron chi connectivity index (χ2n) is 9.71. The van der Waals surface area contributed by atoms with E-state index in [2.05, 4.69) is 17.6 Å². The lowest BCUT2D eigenvalue weighted by atomic mass is 9.89. The predicted octanol–water partition coefficient (Wildman–Crippen LogP) is 1.56. The van der Waals surface area contributed by atoms with E-state index in [1.54, 1.807) is 0 Å². The van der Waals surface area contributed by atoms with Crippen molar-refractivity contribution < 1.29 is 14.4 Å². The highest BCUT2D eigenvalue weighted by molar-refractivity contribution is 7.19. The van der Waals surface area contributed by atoms with E-state index in [4.69, 9.17) is 14.7 Å². The first kappa shape index (κ1) is 21.5. The first-order valence-electron chi connectivity index (χ1n) is 11.1. The van der Waals surface area contributed by atoms with Crippen molar-refractivity contribution >= 4 is 33.3 Å². The van der Waals surface area contributed by atoms with Gasteiger partial charge in [-0.15, -0.1) is 11.3 Å². The lowest BCUT2D eigenvalue weighted by Gasteiger charge is -2.23. The summed E-state index contributed by atoms with van der Waals surface area (Å²) in [5, 5.41) is 7.49. The molecule has 0 radical (unpaired) electrons. The number of thiophene rings is 1. The van der Waals surface area contributed by atoms with Crippen molar-refractivity contribution in [2.24, 2.45) is 5.92 Å². The molecule has 1 atom stereocenters. The van der Waals surface area contributed by atoms with Gasteiger partial charge >= 0.3 is 0 Å². The highest BCUT2D eigenvalue weighted by Gasteiger charge is 2.25. The Morgan fingerprint density at radius 2 is 2.03 bits per heavy atom. The van der Waals surface area contributed by atoms with E-state index in [0.29, 0.717) is 5.92 Å². The van der Waals surface area contributed by atoms with Crippen LogP contribution in [0, 0.1) is 5.92 Å². The van der Waals surface area contributed by atoms with E-state index in [1.807, 2.05) is 32.1 Å². The highest BCUT2D eigenvalue weighted by Crippen LogP contribution is 2.39. The number of amides is 1. The van der Waals surface area contributed by atoms with Crippen LogP contribution in [0.3, 0.4) is 0 Å². The Morgan fingerprint density at radius 1 is 1.27 bits per heavy atom. The number of fused-ring (bicyclic) bond motifs is 3. The van der Waals surface area contributed by atoms with Crippen LogP contribution in [0.1, 0.15) is 50.4 Å². The molecule has 4 rings (SSSR count). The summed E-state index contributed by atoms with van der Waals surface area (Å²) in [5.41, 5.74) is 1.14. The number of nitrogens with zero attached hydrogens (tertiary/aromatic N) is 2. The average Bonchev–Trinajstić information content (AvgIpc) is 3.03. The molecule has 1 aliphatic carbocycles. The van der Waals surface area contributed by atoms with Crippen molar-refractivity contribution in [3.63, 3.8) is 0 Å². The molecule has 3 heterocycles. The molecule has 1 amide bonds. The van der Waals surface area contributed by atoms with Gasteiger partial charge in [-0.25, -0.2) is 9.97 Å². The molecule has 30 heavy (non-hydrogen) atoms. The smallest absolute Gasteiger partial charge is 0.239 e. The van der Waals surface area contributed by atoms with Crippen molar-refractivity contribution in [1.29, 1.82) is 0 Å². The number of quaternary nitrogens is 1. The molecule has 0 saturated carbocycles. The Balaban J connectivity index is 1.63. The second kappa shape index (κ2) is 8.77. The number of hydrogen-bond donors (Lipinski definition) is 3. The lowest BCUT2D eigenvalue weighted by molar-refractivity contribution is -0.922. The van der Waals surface area contributed by atoms with Crippen molar-refractivity contribution in [1.82, 2.24) is 15.3 Å². The van der Waals surface area contributed by atoms with Crippen molar-refractivity contribution in [2.75, 3.05) is 38.2 Å². The zero-order chi connectivity index (χ0) is 21.3. The fraction of sp³-hybridized carbons (Fsp3) is 0.682. The number of hydrogen-bond acceptors (Lipinski definition) is 6. The molecule has 7 nitrogen and oxygen atoms in total. The van der Waals surface area contributed by atoms with Gasteiger partial charge in [-0.2, -0.15) is 0 Å². The zero-order valence-corrected chi connectivity index (χ0v) is 19.4. The van der Waals surface area contributed by atoms with Crippen molar-refractivity contribution in [2.45, 2.75) is 59.0 Å². The maximum atomic E-state index is 12.4. The summed E-state index contributed by atoms with van der Waals surface area (Å²) in [6.07, 6.45) is 3.38. The van der Waals surface area contributed by atoms with Gasteiger partial charge in [-0.05, 0) is 51.5 Å². The molecule has 0 spiro atoms. The van der Waals surface area contributed by atoms with Crippen LogP contribution in [-0.2, 0) is 28.9 Å². The largest absolute Gasteiger partial charge is 0.370 e. The minimum absolute atomic E-state index is 0.0210. The number of anilines is 1. The molecule has 8 heteroatoms. The summed E-state index contributed by atoms with van der Waals surface area (Å²) in [6.45, 7) is 12.9. The number of ether oxygens (including phenoxy) is 1. The van der Waals surface area contributed by atoms with Crippen LogP contribution in [0.5, 0.6) is 0 Å². The predicted molar refractivity (Wildman–Crippen MR) is 120 cm³/mol. The molecule has 164 valence electrons. The third kappa shape index (κ3) is 5.10. The van der Waals surface area contributed by atoms with Gasteiger partial charge in [0.05, 0.1) is 25.1 Å². The Morgan fingerprint density at radius 3 is 2.77 bits per heavy atom. The van der Waals surface area contributed by atoms with Gasteiger partial charge in [0.2, 0.25) is 5.91 Å². The number of aromatic nitrogens is 2. The minimum Gasteiger partial charge on any atom is -0.370 e. The van der Waals surface area contributed by atoms with E-state index in [-0.39, 0.29) is 18.0 Å². The quantitative estimate of drug-likeness (QED) is 0.668. The van der Waals surface area contributed by atoms with Crippen LogP contribution in [-0.4, -0.2) is 54.3 Å². The lowest BCUT2D eigenvalue weighted by Crippen LogP contribution is -3.12. The molecule has 0 aromatic carbocycles. The summed E-state index contributed by atoms with van der Waals surface area (Å²) in [7, 11) is 0. The average molecular weight is 433 g/mol. The molecular formula is C22H34N5O2S+. The maximum absolute atomic E-state index is 12.4. The Kier molecular flexibility index (Phi) is 6.27. The molecule has 0 unspecified atom stereocenters. The normalized spacial score (nSPS) is 20.2. The SMILES string of the molecule is C[C@@H]1CCc2c(sc3nc(C[NH+]4CCOCC4)nc(NCC(=O)NC(C)(C)C)c23)C1. The van der Waals surface area contributed by atoms with E-state index < -0.39 is 0 Å². The minimum atomic E-state index is -0.248. The highest BCUT2D eigenvalue weighted by atomic mass is 32.1. The van der Waals surface area contributed by atoms with Crippen molar-refractivity contribution in [3.8, 4) is 0 Å². The topological polar surface area (TPSA) is 80.6 Å². The van der Waals surface area contributed by atoms with Crippen LogP contribution < -0.4 is 15.5 Å². The molecule has 2 aromatic rings. The van der Waals surface area contributed by atoms with E-state index in [0.717, 1.165) is 67.5 Å². The van der Waals surface area contributed by atoms with Gasteiger partial charge < -0.3 is 20.3 Å². The Bertz CT molecular complexity index is 914. The second-order valence-corrected chi connectivity index (χ2v) is 10.8. The summed E-state index contributed by atoms with van der Waals surface area (Å²) in [6, 6.07) is 0. The number of aryl methyl sites for hydroxylation is 1. The van der Waals surface area contributed by atoms with Gasteiger partial charge in [0, 0.05) is 10.4 Å². The summed E-state index contributed by atoms with van der Waals surface area (Å²) in [5.74, 6) is 2.36. The molecule has 0 bridgehead atoms. The van der Waals surface area contributed by atoms with E-state index >= 15 is 0 Å². The van der Waals surface area contributed by atoms with Gasteiger partial charge in [-0.3, -0.25) is 4.79 Å². The Hall–Kier alpha value is -1.77. The number of carbonyl (C=O) groups is 1. The van der Waals surface area contributed by atoms with E-state index in [1.165, 1.54) is 21.8 Å². The molecule has 3 N–H and O–H groups in total. The van der Waals surface area contributed by atoms with Crippen LogP contribution in [0.2, 0.25) is 0 Å². The standard InChI is InChI=1S/C22H33N5O2S/c1-14-5-6-15-16(11-14)30-21-19(15)20(23-12-18(28)26-22(2,3)4)24-17(25-21)13-27-7-9-29-10-8-27/h14H,5-13H2,1-4H3,(H,26,28)(H,23,24,25)/p+1/t14-/m1/s1. The molecular weight excluding hydrogens is 398 g/mol. The summed E-state index contributed by atoms with van der Waals surface area (Å²) in [4.78, 5) is 26.2. The maximum Gasteiger partial charge on any atom is 0.239 e. The van der Waals surface area contributed by atoms with Gasteiger partial charge in [0.1, 0.15) is 30.3 Å². The van der Waals surface area contributed by atoms with Gasteiger partial charge in [0.15, 0.2) is 5.82 Å². The van der Waals surface area contributed by atoms with Crippen LogP contribution in [0.4, 0.5) is 5.82 Å². The van der Waals surface area contributed by atoms with E-state index in [9.17, 15) is 4.79 Å². The molecule has 1 saturated heterocycles. The number of rotatable bonds is 5. The molecule has 2 aliphatic rings. The number of carbonyl (C=O) groups excluding carboxylic acids is 1. The monoisotopic (exact) mass is 432 g/mol. The van der Waals surface area contributed by atoms with Crippen LogP contribution in [0.25, 0.3) is 10.2 Å². The molecule has 2 aromatic heterocycles. The zero-order valence-electron chi connectivity index (χ0n) is 18.6. The third-order valence-electron chi connectivity index (χ3n) is 5.74. The summed E-state index contributed by atoms with van der Waals surface area (Å²) < 4.78 is 5.48. The fourth-order valence-electron chi connectivity index (χ4n) is 4.28. The molecule has 1 aliphatic heterocycles. The van der Waals surface area contributed by atoms with Gasteiger partial charge in [0.25, 0.3) is 0 Å². The fourth-order valence-corrected chi connectivity index (χ4v) is 5.68. The number of nitrogens with one attached hydrogen (secondary N) is 3. The first-order valence-corrected chi connectivity index (χ1v) is 11.9. The third-order valence-corrected chi connectivity index (χ3v) is 6.89. The van der Waals surface area contributed by atoms with Crippen molar-refractivity contribution in [3.05, 3.63) is 16.3 Å². The number of morpholine rings is 1. The molecule has 1 fully saturated rings.